The SMILES string of the molecule is CC(=O)Nc1ccc(N=Nc2c(N=Nc3ccccc3)ccc3cc(S(=O)(=O)[O-])ccc23)cc1.[Na+]. The second kappa shape index (κ2) is 11.4. The van der Waals surface area contributed by atoms with E-state index in [-0.39, 0.29) is 40.4 Å². The van der Waals surface area contributed by atoms with Gasteiger partial charge in [0.05, 0.1) is 16.3 Å². The molecule has 0 fully saturated rings. The summed E-state index contributed by atoms with van der Waals surface area (Å²) in [4.78, 5) is 10.9. The summed E-state index contributed by atoms with van der Waals surface area (Å²) in [6.07, 6.45) is 0. The van der Waals surface area contributed by atoms with E-state index in [9.17, 15) is 17.8 Å². The molecule has 1 N–H and O–H groups in total. The van der Waals surface area contributed by atoms with E-state index in [2.05, 4.69) is 25.8 Å². The van der Waals surface area contributed by atoms with Crippen LogP contribution in [0.4, 0.5) is 28.4 Å². The van der Waals surface area contributed by atoms with Crippen molar-refractivity contribution >= 4 is 55.2 Å². The molecule has 0 atom stereocenters. The first kappa shape index (κ1) is 26.3. The Balaban J connectivity index is 0.00000342. The number of amides is 1. The van der Waals surface area contributed by atoms with E-state index in [1.807, 2.05) is 18.2 Å². The zero-order chi connectivity index (χ0) is 24.1. The van der Waals surface area contributed by atoms with Gasteiger partial charge >= 0.3 is 29.6 Å². The average molecular weight is 495 g/mol. The summed E-state index contributed by atoms with van der Waals surface area (Å²) in [5.41, 5.74) is 2.56. The molecule has 0 heterocycles. The molecule has 35 heavy (non-hydrogen) atoms. The Kier molecular flexibility index (Phi) is 8.60. The van der Waals surface area contributed by atoms with E-state index in [0.29, 0.717) is 39.2 Å². The molecule has 0 saturated carbocycles. The van der Waals surface area contributed by atoms with Gasteiger partial charge in [-0.1, -0.05) is 30.3 Å². The van der Waals surface area contributed by atoms with Crippen LogP contribution in [-0.4, -0.2) is 18.9 Å². The minimum Gasteiger partial charge on any atom is -0.744 e. The first-order valence-electron chi connectivity index (χ1n) is 10.1. The molecule has 0 aliphatic carbocycles. The third-order valence-electron chi connectivity index (χ3n) is 4.71. The number of hydrogen-bond donors (Lipinski definition) is 1. The largest absolute Gasteiger partial charge is 1.00 e. The van der Waals surface area contributed by atoms with Crippen LogP contribution in [0, 0.1) is 0 Å². The fourth-order valence-electron chi connectivity index (χ4n) is 3.15. The van der Waals surface area contributed by atoms with E-state index < -0.39 is 10.1 Å². The van der Waals surface area contributed by atoms with E-state index >= 15 is 0 Å². The molecule has 11 heteroatoms. The molecule has 4 aromatic carbocycles. The maximum absolute atomic E-state index is 11.4. The van der Waals surface area contributed by atoms with E-state index in [0.717, 1.165) is 0 Å². The molecular weight excluding hydrogens is 477 g/mol. The Hall–Kier alpha value is -3.28. The number of anilines is 1. The van der Waals surface area contributed by atoms with Gasteiger partial charge in [-0.15, -0.1) is 10.2 Å². The van der Waals surface area contributed by atoms with Gasteiger partial charge in [0, 0.05) is 18.0 Å². The third kappa shape index (κ3) is 6.87. The van der Waals surface area contributed by atoms with Crippen LogP contribution in [0.5, 0.6) is 0 Å². The smallest absolute Gasteiger partial charge is 0.744 e. The van der Waals surface area contributed by atoms with Crippen LogP contribution in [0.25, 0.3) is 10.8 Å². The Morgan fingerprint density at radius 2 is 1.46 bits per heavy atom. The monoisotopic (exact) mass is 495 g/mol. The van der Waals surface area contributed by atoms with Crippen molar-refractivity contribution in [3.05, 3.63) is 84.9 Å². The molecule has 0 radical (unpaired) electrons. The number of hydrogen-bond acceptors (Lipinski definition) is 8. The molecule has 0 saturated heterocycles. The average Bonchev–Trinajstić information content (AvgIpc) is 2.82. The van der Waals surface area contributed by atoms with Crippen molar-refractivity contribution in [2.75, 3.05) is 5.32 Å². The van der Waals surface area contributed by atoms with Crippen molar-refractivity contribution in [2.24, 2.45) is 20.5 Å². The molecule has 1 amide bonds. The van der Waals surface area contributed by atoms with Crippen LogP contribution in [0.2, 0.25) is 0 Å². The summed E-state index contributed by atoms with van der Waals surface area (Å²) in [5.74, 6) is -0.182. The molecule has 0 aliphatic rings. The quantitative estimate of drug-likeness (QED) is 0.249. The number of fused-ring (bicyclic) bond motifs is 1. The second-order valence-electron chi connectivity index (χ2n) is 7.23. The number of nitrogens with zero attached hydrogens (tertiary/aromatic N) is 4. The van der Waals surface area contributed by atoms with Crippen LogP contribution in [-0.2, 0) is 14.9 Å². The number of carbonyl (C=O) groups is 1. The van der Waals surface area contributed by atoms with Crippen LogP contribution in [0.3, 0.4) is 0 Å². The van der Waals surface area contributed by atoms with Crippen LogP contribution in [0.15, 0.2) is 110 Å². The number of benzene rings is 4. The standard InChI is InChI=1S/C24H19N5O4S.Na/c1-16(30)25-18-8-10-20(11-9-18)27-29-24-22-13-12-21(34(31,32)33)15-17(22)7-14-23(24)28-26-19-5-3-2-4-6-19;/h2-15H,1H3,(H,25,30)(H,31,32,33);/q;+1/p-1. The molecule has 0 bridgehead atoms. The topological polar surface area (TPSA) is 136 Å². The van der Waals surface area contributed by atoms with Crippen molar-refractivity contribution in [1.82, 2.24) is 0 Å². The molecule has 170 valence electrons. The zero-order valence-electron chi connectivity index (χ0n) is 18.9. The Labute approximate surface area is 224 Å². The molecule has 0 spiro atoms. The van der Waals surface area contributed by atoms with Gasteiger partial charge in [0.2, 0.25) is 5.91 Å². The van der Waals surface area contributed by atoms with Crippen molar-refractivity contribution < 1.29 is 47.3 Å². The van der Waals surface area contributed by atoms with Gasteiger partial charge in [-0.3, -0.25) is 4.79 Å². The molecule has 9 nitrogen and oxygen atoms in total. The van der Waals surface area contributed by atoms with Gasteiger partial charge in [0.1, 0.15) is 21.5 Å². The minimum absolute atomic E-state index is 0. The van der Waals surface area contributed by atoms with Crippen molar-refractivity contribution in [3.8, 4) is 0 Å². The molecule has 4 rings (SSSR count). The van der Waals surface area contributed by atoms with Crippen molar-refractivity contribution in [3.63, 3.8) is 0 Å². The summed E-state index contributed by atoms with van der Waals surface area (Å²) < 4.78 is 34.3. The fraction of sp³-hybridized carbons (Fsp3) is 0.0417. The van der Waals surface area contributed by atoms with Gasteiger partial charge in [0.25, 0.3) is 0 Å². The number of azo groups is 2. The molecular formula is C24H18N5NaO4S. The van der Waals surface area contributed by atoms with E-state index in [4.69, 9.17) is 0 Å². The normalized spacial score (nSPS) is 11.6. The molecule has 0 aromatic heterocycles. The summed E-state index contributed by atoms with van der Waals surface area (Å²) in [7, 11) is -4.61. The van der Waals surface area contributed by atoms with Gasteiger partial charge in [-0.25, -0.2) is 8.42 Å². The van der Waals surface area contributed by atoms with Gasteiger partial charge in [-0.05, 0) is 60.0 Å². The molecule has 0 unspecified atom stereocenters. The first-order chi connectivity index (χ1) is 16.3. The zero-order valence-corrected chi connectivity index (χ0v) is 21.7. The Bertz CT molecular complexity index is 1520. The van der Waals surface area contributed by atoms with Crippen LogP contribution >= 0.6 is 0 Å². The van der Waals surface area contributed by atoms with Gasteiger partial charge in [0.15, 0.2) is 0 Å². The fourth-order valence-corrected chi connectivity index (χ4v) is 3.66. The molecule has 0 aliphatic heterocycles. The minimum atomic E-state index is -4.61. The summed E-state index contributed by atoms with van der Waals surface area (Å²) in [6.45, 7) is 1.42. The van der Waals surface area contributed by atoms with E-state index in [1.54, 1.807) is 48.5 Å². The number of carbonyl (C=O) groups excluding carboxylic acids is 1. The third-order valence-corrected chi connectivity index (χ3v) is 5.54. The van der Waals surface area contributed by atoms with E-state index in [1.165, 1.54) is 25.1 Å². The van der Waals surface area contributed by atoms with Gasteiger partial charge < -0.3 is 9.87 Å². The van der Waals surface area contributed by atoms with Crippen molar-refractivity contribution in [1.29, 1.82) is 0 Å². The maximum Gasteiger partial charge on any atom is 1.00 e. The second-order valence-corrected chi connectivity index (χ2v) is 8.61. The predicted molar refractivity (Wildman–Crippen MR) is 127 cm³/mol. The predicted octanol–water partition coefficient (Wildman–Crippen LogP) is 3.54. The maximum atomic E-state index is 11.4. The Morgan fingerprint density at radius 3 is 2.11 bits per heavy atom. The first-order valence-corrected chi connectivity index (χ1v) is 11.5. The molecule has 4 aromatic rings. The summed E-state index contributed by atoms with van der Waals surface area (Å²) in [5, 5.41) is 20.9. The van der Waals surface area contributed by atoms with Gasteiger partial charge in [-0.2, -0.15) is 10.2 Å². The Morgan fingerprint density at radius 1 is 0.800 bits per heavy atom. The number of nitrogens with one attached hydrogen (secondary N) is 1. The number of rotatable bonds is 6. The van der Waals surface area contributed by atoms with Crippen molar-refractivity contribution in [2.45, 2.75) is 11.8 Å². The summed E-state index contributed by atoms with van der Waals surface area (Å²) in [6, 6.07) is 23.2. The van der Waals surface area contributed by atoms with Crippen LogP contribution in [0.1, 0.15) is 6.92 Å². The van der Waals surface area contributed by atoms with Crippen LogP contribution < -0.4 is 34.9 Å². The summed E-state index contributed by atoms with van der Waals surface area (Å²) >= 11 is 0.